The van der Waals surface area contributed by atoms with Crippen molar-refractivity contribution < 1.29 is 23.8 Å². The Kier molecular flexibility index (Phi) is 7.99. The molecule has 0 bridgehead atoms. The van der Waals surface area contributed by atoms with Crippen molar-refractivity contribution in [1.82, 2.24) is 0 Å². The molecule has 0 unspecified atom stereocenters. The van der Waals surface area contributed by atoms with Crippen LogP contribution in [0.1, 0.15) is 34.0 Å². The molecule has 0 saturated carbocycles. The van der Waals surface area contributed by atoms with Crippen molar-refractivity contribution >= 4 is 39.2 Å². The second-order valence-electron chi connectivity index (χ2n) is 7.00. The summed E-state index contributed by atoms with van der Waals surface area (Å²) in [5.41, 5.74) is 3.08. The molecular weight excluding hydrogens is 501 g/mol. The van der Waals surface area contributed by atoms with Crippen molar-refractivity contribution in [3.63, 3.8) is 0 Å². The van der Waals surface area contributed by atoms with Gasteiger partial charge in [0, 0.05) is 22.3 Å². The Morgan fingerprint density at radius 1 is 1.16 bits per heavy atom. The molecule has 0 spiro atoms. The molecule has 0 radical (unpaired) electrons. The Morgan fingerprint density at radius 2 is 1.91 bits per heavy atom. The predicted octanol–water partition coefficient (Wildman–Crippen LogP) is 6.84. The molecule has 0 amide bonds. The van der Waals surface area contributed by atoms with E-state index in [0.717, 1.165) is 21.3 Å². The molecule has 5 nitrogen and oxygen atoms in total. The van der Waals surface area contributed by atoms with Gasteiger partial charge in [-0.1, -0.05) is 33.6 Å². The molecule has 168 valence electrons. The minimum Gasteiger partial charge on any atom is -0.490 e. The number of benzene rings is 3. The molecule has 0 aliphatic carbocycles. The Hall–Kier alpha value is -2.77. The van der Waals surface area contributed by atoms with Crippen LogP contribution in [0, 0.1) is 12.7 Å². The highest BCUT2D eigenvalue weighted by atomic mass is 79.9. The Labute approximate surface area is 199 Å². The summed E-state index contributed by atoms with van der Waals surface area (Å²) in [4.78, 5) is 11.1. The average Bonchev–Trinajstić information content (AvgIpc) is 2.74. The van der Waals surface area contributed by atoms with E-state index >= 15 is 0 Å². The lowest BCUT2D eigenvalue weighted by Crippen LogP contribution is -2.06. The molecule has 3 rings (SSSR count). The third-order valence-corrected chi connectivity index (χ3v) is 5.88. The van der Waals surface area contributed by atoms with Crippen LogP contribution in [0.2, 0.25) is 5.02 Å². The molecule has 0 aromatic heterocycles. The predicted molar refractivity (Wildman–Crippen MR) is 127 cm³/mol. The van der Waals surface area contributed by atoms with Crippen molar-refractivity contribution in [2.24, 2.45) is 0 Å². The van der Waals surface area contributed by atoms with E-state index in [0.29, 0.717) is 29.7 Å². The highest BCUT2D eigenvalue weighted by molar-refractivity contribution is 9.10. The number of halogens is 3. The lowest BCUT2D eigenvalue weighted by molar-refractivity contribution is 0.0697. The standard InChI is InChI=1S/C24H22BrClFNO4/c1-3-31-22-10-16(12-28-21-8-7-15(24(29)30)9-14(21)2)18(25)11-23(22)32-13-17-19(26)5-4-6-20(17)27/h4-11,28H,3,12-13H2,1-2H3,(H,29,30). The Morgan fingerprint density at radius 3 is 2.56 bits per heavy atom. The van der Waals surface area contributed by atoms with Gasteiger partial charge in [-0.25, -0.2) is 9.18 Å². The van der Waals surface area contributed by atoms with E-state index in [9.17, 15) is 9.18 Å². The van der Waals surface area contributed by atoms with E-state index in [4.69, 9.17) is 26.2 Å². The molecule has 32 heavy (non-hydrogen) atoms. The number of carbonyl (C=O) groups is 1. The summed E-state index contributed by atoms with van der Waals surface area (Å²) in [6.45, 7) is 4.57. The molecular formula is C24H22BrClFNO4. The second-order valence-corrected chi connectivity index (χ2v) is 8.26. The van der Waals surface area contributed by atoms with Crippen LogP contribution in [0.25, 0.3) is 0 Å². The Bertz CT molecular complexity index is 1120. The maximum absolute atomic E-state index is 14.1. The number of nitrogens with one attached hydrogen (secondary N) is 1. The third kappa shape index (κ3) is 5.72. The van der Waals surface area contributed by atoms with Crippen molar-refractivity contribution in [3.05, 3.63) is 86.1 Å². The summed E-state index contributed by atoms with van der Waals surface area (Å²) in [7, 11) is 0. The topological polar surface area (TPSA) is 67.8 Å². The van der Waals surface area contributed by atoms with Gasteiger partial charge in [0.05, 0.1) is 17.2 Å². The van der Waals surface area contributed by atoms with Gasteiger partial charge in [-0.05, 0) is 67.4 Å². The normalized spacial score (nSPS) is 10.7. The molecule has 8 heteroatoms. The van der Waals surface area contributed by atoms with E-state index in [-0.39, 0.29) is 17.7 Å². The van der Waals surface area contributed by atoms with Gasteiger partial charge in [0.2, 0.25) is 0 Å². The van der Waals surface area contributed by atoms with E-state index in [1.54, 1.807) is 36.4 Å². The molecule has 0 saturated heterocycles. The summed E-state index contributed by atoms with van der Waals surface area (Å²) < 4.78 is 26.4. The molecule has 3 aromatic rings. The summed E-state index contributed by atoms with van der Waals surface area (Å²) in [5.74, 6) is -0.405. The van der Waals surface area contributed by atoms with E-state index < -0.39 is 11.8 Å². The first kappa shape index (κ1) is 23.9. The molecule has 3 aromatic carbocycles. The van der Waals surface area contributed by atoms with Crippen molar-refractivity contribution in [2.45, 2.75) is 27.0 Å². The van der Waals surface area contributed by atoms with Crippen LogP contribution in [-0.4, -0.2) is 17.7 Å². The molecule has 0 aliphatic heterocycles. The lowest BCUT2D eigenvalue weighted by Gasteiger charge is -2.17. The number of hydrogen-bond acceptors (Lipinski definition) is 4. The first-order valence-electron chi connectivity index (χ1n) is 9.88. The largest absolute Gasteiger partial charge is 0.490 e. The number of rotatable bonds is 9. The van der Waals surface area contributed by atoms with E-state index in [1.807, 2.05) is 19.9 Å². The Balaban J connectivity index is 1.78. The highest BCUT2D eigenvalue weighted by Gasteiger charge is 2.14. The number of carboxylic acid groups (broad SMARTS) is 1. The number of anilines is 1. The van der Waals surface area contributed by atoms with Gasteiger partial charge < -0.3 is 19.9 Å². The van der Waals surface area contributed by atoms with Gasteiger partial charge in [0.25, 0.3) is 0 Å². The maximum Gasteiger partial charge on any atom is 0.335 e. The van der Waals surface area contributed by atoms with Gasteiger partial charge >= 0.3 is 5.97 Å². The fourth-order valence-corrected chi connectivity index (χ4v) is 3.78. The minimum absolute atomic E-state index is 0.0370. The third-order valence-electron chi connectivity index (χ3n) is 4.79. The quantitative estimate of drug-likeness (QED) is 0.322. The van der Waals surface area contributed by atoms with Crippen LogP contribution >= 0.6 is 27.5 Å². The van der Waals surface area contributed by atoms with Crippen LogP contribution in [0.15, 0.2) is 53.0 Å². The van der Waals surface area contributed by atoms with Gasteiger partial charge in [0.15, 0.2) is 11.5 Å². The minimum atomic E-state index is -0.962. The van der Waals surface area contributed by atoms with Gasteiger partial charge in [-0.3, -0.25) is 0 Å². The van der Waals surface area contributed by atoms with Crippen LogP contribution in [-0.2, 0) is 13.2 Å². The summed E-state index contributed by atoms with van der Waals surface area (Å²) >= 11 is 9.65. The van der Waals surface area contributed by atoms with E-state index in [1.165, 1.54) is 6.07 Å². The molecule has 2 N–H and O–H groups in total. The zero-order valence-electron chi connectivity index (χ0n) is 17.5. The molecule has 0 fully saturated rings. The van der Waals surface area contributed by atoms with Crippen LogP contribution in [0.5, 0.6) is 11.5 Å². The maximum atomic E-state index is 14.1. The lowest BCUT2D eigenvalue weighted by atomic mass is 10.1. The molecule has 0 atom stereocenters. The number of carboxylic acids is 1. The van der Waals surface area contributed by atoms with E-state index in [2.05, 4.69) is 21.2 Å². The zero-order valence-corrected chi connectivity index (χ0v) is 19.9. The number of aromatic carboxylic acids is 1. The van der Waals surface area contributed by atoms with Gasteiger partial charge in [0.1, 0.15) is 12.4 Å². The van der Waals surface area contributed by atoms with Crippen molar-refractivity contribution in [3.8, 4) is 11.5 Å². The molecule has 0 heterocycles. The monoisotopic (exact) mass is 521 g/mol. The fourth-order valence-electron chi connectivity index (χ4n) is 3.10. The summed E-state index contributed by atoms with van der Waals surface area (Å²) in [6.07, 6.45) is 0. The fraction of sp³-hybridized carbons (Fsp3) is 0.208. The van der Waals surface area contributed by atoms with Gasteiger partial charge in [-0.2, -0.15) is 0 Å². The van der Waals surface area contributed by atoms with Crippen LogP contribution in [0.4, 0.5) is 10.1 Å². The number of ether oxygens (including phenoxy) is 2. The van der Waals surface area contributed by atoms with Crippen molar-refractivity contribution in [1.29, 1.82) is 0 Å². The molecule has 0 aliphatic rings. The highest BCUT2D eigenvalue weighted by Crippen LogP contribution is 2.35. The van der Waals surface area contributed by atoms with Crippen LogP contribution < -0.4 is 14.8 Å². The van der Waals surface area contributed by atoms with Crippen molar-refractivity contribution in [2.75, 3.05) is 11.9 Å². The average molecular weight is 523 g/mol. The number of hydrogen-bond donors (Lipinski definition) is 2. The first-order valence-corrected chi connectivity index (χ1v) is 11.1. The smallest absolute Gasteiger partial charge is 0.335 e. The van der Waals surface area contributed by atoms with Gasteiger partial charge in [-0.15, -0.1) is 0 Å². The SMILES string of the molecule is CCOc1cc(CNc2ccc(C(=O)O)cc2C)c(Br)cc1OCc1c(F)cccc1Cl. The first-order chi connectivity index (χ1) is 15.3. The summed E-state index contributed by atoms with van der Waals surface area (Å²) in [6, 6.07) is 13.0. The van der Waals surface area contributed by atoms with Crippen LogP contribution in [0.3, 0.4) is 0 Å². The zero-order chi connectivity index (χ0) is 23.3. The number of aryl methyl sites for hydroxylation is 1. The second kappa shape index (κ2) is 10.7. The summed E-state index contributed by atoms with van der Waals surface area (Å²) in [5, 5.41) is 12.7.